The molecule has 1 aromatic rings. The van der Waals surface area contributed by atoms with E-state index in [1.54, 1.807) is 12.2 Å². The second-order valence-electron chi connectivity index (χ2n) is 7.64. The van der Waals surface area contributed by atoms with Gasteiger partial charge in [-0.1, -0.05) is 12.1 Å². The van der Waals surface area contributed by atoms with Crippen molar-refractivity contribution in [3.8, 4) is 5.75 Å². The summed E-state index contributed by atoms with van der Waals surface area (Å²) in [6.07, 6.45) is 0.513. The van der Waals surface area contributed by atoms with Crippen molar-refractivity contribution in [3.05, 3.63) is 54.0 Å². The van der Waals surface area contributed by atoms with Crippen LogP contribution in [0.25, 0.3) is 0 Å². The van der Waals surface area contributed by atoms with E-state index in [1.807, 2.05) is 0 Å². The second kappa shape index (κ2) is 12.0. The van der Waals surface area contributed by atoms with Crippen molar-refractivity contribution in [1.82, 2.24) is 21.1 Å². The van der Waals surface area contributed by atoms with Gasteiger partial charge in [0.2, 0.25) is 0 Å². The lowest BCUT2D eigenvalue weighted by Crippen LogP contribution is -2.45. The Bertz CT molecular complexity index is 966. The Hall–Kier alpha value is -3.10. The number of hydrogen-bond donors (Lipinski definition) is 5. The van der Waals surface area contributed by atoms with Crippen LogP contribution in [0.5, 0.6) is 5.75 Å². The van der Waals surface area contributed by atoms with Crippen LogP contribution in [-0.2, 0) is 9.53 Å². The Morgan fingerprint density at radius 3 is 2.77 bits per heavy atom. The van der Waals surface area contributed by atoms with Gasteiger partial charge in [-0.25, -0.2) is 5.43 Å². The number of ether oxygens (including phenoxy) is 2. The SMILES string of the molecule is COC(C(=O)NC1NNC(=NC2CCN(/C(N)=C/C=C\N)CC2)S1)c1cccc(OC(F)(F)F)c1. The molecule has 10 nitrogen and oxygen atoms in total. The van der Waals surface area contributed by atoms with E-state index >= 15 is 0 Å². The summed E-state index contributed by atoms with van der Waals surface area (Å²) in [5.41, 5.74) is 16.9. The number of alkyl halides is 3. The Balaban J connectivity index is 1.52. The fraction of sp³-hybridized carbons (Fsp3) is 0.429. The van der Waals surface area contributed by atoms with Crippen LogP contribution in [0.1, 0.15) is 24.5 Å². The van der Waals surface area contributed by atoms with Crippen molar-refractivity contribution in [1.29, 1.82) is 0 Å². The number of halogens is 3. The first-order chi connectivity index (χ1) is 16.7. The number of nitrogens with one attached hydrogen (secondary N) is 3. The molecule has 192 valence electrons. The molecule has 14 heteroatoms. The molecule has 0 saturated carbocycles. The number of likely N-dealkylation sites (tertiary alicyclic amines) is 1. The van der Waals surface area contributed by atoms with Crippen LogP contribution in [0, 0.1) is 0 Å². The normalized spacial score (nSPS) is 21.8. The number of carbonyl (C=O) groups excluding carboxylic acids is 1. The van der Waals surface area contributed by atoms with E-state index in [2.05, 4.69) is 25.8 Å². The average molecular weight is 516 g/mol. The fourth-order valence-electron chi connectivity index (χ4n) is 3.58. The molecule has 2 aliphatic heterocycles. The van der Waals surface area contributed by atoms with Crippen LogP contribution in [0.2, 0.25) is 0 Å². The maximum absolute atomic E-state index is 12.7. The van der Waals surface area contributed by atoms with Crippen LogP contribution in [-0.4, -0.2) is 54.1 Å². The molecule has 2 atom stereocenters. The molecule has 7 N–H and O–H groups in total. The maximum Gasteiger partial charge on any atom is 0.573 e. The molecule has 2 unspecified atom stereocenters. The van der Waals surface area contributed by atoms with Gasteiger partial charge in [0.05, 0.1) is 11.9 Å². The van der Waals surface area contributed by atoms with Gasteiger partial charge in [0.1, 0.15) is 5.75 Å². The molecule has 2 aliphatic rings. The molecule has 0 aliphatic carbocycles. The van der Waals surface area contributed by atoms with Crippen molar-refractivity contribution < 1.29 is 27.4 Å². The molecular formula is C21H28F3N7O3S. The highest BCUT2D eigenvalue weighted by Gasteiger charge is 2.32. The lowest BCUT2D eigenvalue weighted by Gasteiger charge is -2.32. The number of thioether (sulfide) groups is 1. The highest BCUT2D eigenvalue weighted by Crippen LogP contribution is 2.27. The van der Waals surface area contributed by atoms with Gasteiger partial charge in [-0.2, -0.15) is 0 Å². The second-order valence-corrected chi connectivity index (χ2v) is 8.73. The lowest BCUT2D eigenvalue weighted by atomic mass is 10.1. The number of nitrogens with zero attached hydrogens (tertiary/aromatic N) is 2. The van der Waals surface area contributed by atoms with Gasteiger partial charge in [0.25, 0.3) is 5.91 Å². The number of nitrogens with two attached hydrogens (primary N) is 2. The molecule has 0 aromatic heterocycles. The minimum absolute atomic E-state index is 0.0958. The maximum atomic E-state index is 12.7. The molecule has 2 saturated heterocycles. The quantitative estimate of drug-likeness (QED) is 0.327. The zero-order chi connectivity index (χ0) is 25.4. The Morgan fingerprint density at radius 1 is 1.37 bits per heavy atom. The van der Waals surface area contributed by atoms with Gasteiger partial charge in [-0.15, -0.1) is 13.2 Å². The molecular weight excluding hydrogens is 487 g/mol. The molecule has 35 heavy (non-hydrogen) atoms. The number of hydrazine groups is 1. The highest BCUT2D eigenvalue weighted by molar-refractivity contribution is 8.14. The van der Waals surface area contributed by atoms with E-state index in [4.69, 9.17) is 21.2 Å². The average Bonchev–Trinajstić information content (AvgIpc) is 3.24. The summed E-state index contributed by atoms with van der Waals surface area (Å²) in [5, 5.41) is 3.36. The number of methoxy groups -OCH3 is 1. The third-order valence-electron chi connectivity index (χ3n) is 5.19. The standard InChI is InChI=1S/C21H28F3N7O3S/c1-33-17(13-4-2-5-15(12-13)34-21(22,23)24)18(32)28-20-30-29-19(35-20)27-14-7-10-31(11-8-14)16(26)6-3-9-25/h2-6,9,12,14,17,20,30H,7-8,10-11,25-26H2,1H3,(H,27,29)(H,28,32)/b9-3-,16-6+. The first-order valence-electron chi connectivity index (χ1n) is 10.7. The number of carbonyl (C=O) groups is 1. The van der Waals surface area contributed by atoms with Gasteiger partial charge in [0, 0.05) is 20.2 Å². The van der Waals surface area contributed by atoms with Gasteiger partial charge in [-0.05, 0) is 60.7 Å². The van der Waals surface area contributed by atoms with Crippen molar-refractivity contribution in [3.63, 3.8) is 0 Å². The molecule has 3 rings (SSSR count). The van der Waals surface area contributed by atoms with Gasteiger partial charge >= 0.3 is 6.36 Å². The van der Waals surface area contributed by atoms with Crippen LogP contribution < -0.4 is 32.4 Å². The highest BCUT2D eigenvalue weighted by atomic mass is 32.2. The monoisotopic (exact) mass is 515 g/mol. The predicted octanol–water partition coefficient (Wildman–Crippen LogP) is 1.61. The zero-order valence-electron chi connectivity index (χ0n) is 18.9. The Kier molecular flexibility index (Phi) is 9.12. The number of hydrogen-bond acceptors (Lipinski definition) is 9. The van der Waals surface area contributed by atoms with Crippen molar-refractivity contribution >= 4 is 22.8 Å². The minimum atomic E-state index is -4.84. The molecule has 0 radical (unpaired) electrons. The summed E-state index contributed by atoms with van der Waals surface area (Å²) in [6.45, 7) is 1.51. The first-order valence-corrected chi connectivity index (χ1v) is 11.6. The summed E-state index contributed by atoms with van der Waals surface area (Å²) in [7, 11) is 1.29. The van der Waals surface area contributed by atoms with Crippen LogP contribution in [0.15, 0.2) is 53.4 Å². The summed E-state index contributed by atoms with van der Waals surface area (Å²) in [6, 6.07) is 5.20. The van der Waals surface area contributed by atoms with Crippen LogP contribution >= 0.6 is 11.8 Å². The summed E-state index contributed by atoms with van der Waals surface area (Å²) < 4.78 is 46.7. The third kappa shape index (κ3) is 7.97. The number of rotatable bonds is 8. The van der Waals surface area contributed by atoms with Crippen molar-refractivity contribution in [2.45, 2.75) is 36.8 Å². The smallest absolute Gasteiger partial charge is 0.406 e. The first kappa shape index (κ1) is 26.5. The van der Waals surface area contributed by atoms with E-state index in [0.29, 0.717) is 11.0 Å². The van der Waals surface area contributed by atoms with Crippen LogP contribution in [0.4, 0.5) is 13.2 Å². The van der Waals surface area contributed by atoms with Crippen molar-refractivity contribution in [2.24, 2.45) is 16.5 Å². The molecule has 0 bridgehead atoms. The van der Waals surface area contributed by atoms with Gasteiger partial charge < -0.3 is 31.2 Å². The zero-order valence-corrected chi connectivity index (χ0v) is 19.7. The number of amidine groups is 1. The summed E-state index contributed by atoms with van der Waals surface area (Å²) >= 11 is 1.28. The molecule has 2 heterocycles. The van der Waals surface area contributed by atoms with E-state index in [9.17, 15) is 18.0 Å². The number of allylic oxidation sites excluding steroid dienone is 2. The molecule has 1 amide bonds. The molecule has 0 spiro atoms. The largest absolute Gasteiger partial charge is 0.573 e. The van der Waals surface area contributed by atoms with Gasteiger partial charge in [-0.3, -0.25) is 15.2 Å². The lowest BCUT2D eigenvalue weighted by molar-refractivity contribution is -0.274. The van der Waals surface area contributed by atoms with E-state index in [0.717, 1.165) is 38.1 Å². The molecule has 1 aromatic carbocycles. The summed E-state index contributed by atoms with van der Waals surface area (Å²) in [5.74, 6) is -0.320. The van der Waals surface area contributed by atoms with E-state index < -0.39 is 29.6 Å². The topological polar surface area (TPSA) is 139 Å². The predicted molar refractivity (Wildman–Crippen MR) is 126 cm³/mol. The van der Waals surface area contributed by atoms with Crippen LogP contribution in [0.3, 0.4) is 0 Å². The number of aliphatic imine (C=N–C) groups is 1. The number of amides is 1. The number of benzene rings is 1. The van der Waals surface area contributed by atoms with Gasteiger partial charge in [0.15, 0.2) is 16.8 Å². The van der Waals surface area contributed by atoms with Crippen molar-refractivity contribution in [2.75, 3.05) is 20.2 Å². The molecule has 2 fully saturated rings. The third-order valence-corrected chi connectivity index (χ3v) is 6.09. The summed E-state index contributed by atoms with van der Waals surface area (Å²) in [4.78, 5) is 19.5. The fourth-order valence-corrected chi connectivity index (χ4v) is 4.42. The Morgan fingerprint density at radius 2 is 2.11 bits per heavy atom. The Labute approximate surface area is 204 Å². The number of piperidine rings is 1. The van der Waals surface area contributed by atoms with E-state index in [1.165, 1.54) is 37.2 Å². The van der Waals surface area contributed by atoms with E-state index in [-0.39, 0.29) is 11.6 Å². The minimum Gasteiger partial charge on any atom is -0.406 e.